The van der Waals surface area contributed by atoms with Crippen molar-refractivity contribution in [3.05, 3.63) is 35.4 Å². The van der Waals surface area contributed by atoms with Crippen molar-refractivity contribution in [3.8, 4) is 12.3 Å². The van der Waals surface area contributed by atoms with Crippen LogP contribution in [0.4, 0.5) is 4.79 Å². The molecule has 2 N–H and O–H groups in total. The molecule has 198 valence electrons. The Balaban J connectivity index is 2.29. The van der Waals surface area contributed by atoms with Crippen molar-refractivity contribution in [1.29, 1.82) is 0 Å². The van der Waals surface area contributed by atoms with Crippen molar-refractivity contribution >= 4 is 17.9 Å². The molecular weight excluding hydrogens is 454 g/mol. The summed E-state index contributed by atoms with van der Waals surface area (Å²) in [6, 6.07) is 6.50. The van der Waals surface area contributed by atoms with Crippen LogP contribution in [0, 0.1) is 12.3 Å². The predicted molar refractivity (Wildman–Crippen MR) is 142 cm³/mol. The van der Waals surface area contributed by atoms with Crippen molar-refractivity contribution in [2.45, 2.75) is 103 Å². The quantitative estimate of drug-likeness (QED) is 0.329. The van der Waals surface area contributed by atoms with E-state index in [0.29, 0.717) is 17.7 Å². The molecule has 1 fully saturated rings. The molecule has 0 radical (unpaired) electrons. The molecule has 1 atom stereocenters. The molecule has 1 aliphatic carbocycles. The number of hydrogen-bond donors (Lipinski definition) is 2. The zero-order valence-electron chi connectivity index (χ0n) is 22.4. The third-order valence-corrected chi connectivity index (χ3v) is 6.26. The number of rotatable bonds is 11. The molecule has 0 saturated heterocycles. The van der Waals surface area contributed by atoms with E-state index >= 15 is 0 Å². The average molecular weight is 498 g/mol. The van der Waals surface area contributed by atoms with Gasteiger partial charge in [0.05, 0.1) is 0 Å². The van der Waals surface area contributed by atoms with E-state index in [4.69, 9.17) is 11.2 Å². The molecule has 1 saturated carbocycles. The summed E-state index contributed by atoms with van der Waals surface area (Å²) < 4.78 is 5.28. The largest absolute Gasteiger partial charge is 0.444 e. The third kappa shape index (κ3) is 9.93. The molecular formula is C29H43N3O4. The van der Waals surface area contributed by atoms with Gasteiger partial charge in [-0.3, -0.25) is 9.59 Å². The lowest BCUT2D eigenvalue weighted by molar-refractivity contribution is -0.140. The number of terminal acetylenes is 1. The molecule has 7 heteroatoms. The van der Waals surface area contributed by atoms with Crippen LogP contribution in [0.5, 0.6) is 0 Å². The van der Waals surface area contributed by atoms with Crippen LogP contribution in [0.1, 0.15) is 103 Å². The van der Waals surface area contributed by atoms with Crippen LogP contribution < -0.4 is 10.6 Å². The van der Waals surface area contributed by atoms with Crippen LogP contribution in [-0.4, -0.2) is 47.5 Å². The molecule has 36 heavy (non-hydrogen) atoms. The molecule has 0 heterocycles. The lowest BCUT2D eigenvalue weighted by atomic mass is 9.94. The molecule has 1 aliphatic rings. The molecule has 1 aromatic rings. The number of amides is 3. The van der Waals surface area contributed by atoms with Crippen LogP contribution in [0.15, 0.2) is 24.3 Å². The zero-order valence-corrected chi connectivity index (χ0v) is 22.4. The summed E-state index contributed by atoms with van der Waals surface area (Å²) in [5.74, 6) is 2.07. The van der Waals surface area contributed by atoms with Crippen LogP contribution in [0.2, 0.25) is 0 Å². The van der Waals surface area contributed by atoms with E-state index in [2.05, 4.69) is 23.5 Å². The number of carbonyl (C=O) groups is 3. The summed E-state index contributed by atoms with van der Waals surface area (Å²) in [5.41, 5.74) is 0.731. The summed E-state index contributed by atoms with van der Waals surface area (Å²) in [5, 5.41) is 5.75. The first kappa shape index (κ1) is 29.2. The highest BCUT2D eigenvalue weighted by Gasteiger charge is 2.33. The second kappa shape index (κ2) is 14.5. The van der Waals surface area contributed by atoms with E-state index in [9.17, 15) is 14.4 Å². The second-order valence-corrected chi connectivity index (χ2v) is 10.5. The SMILES string of the molecule is C#Cc1ccc(C(C(=O)NC2CCCCC2)N(CCCCCC)C(=O)CNC(=O)OC(C)(C)C)cc1. The number of carbonyl (C=O) groups excluding carboxylic acids is 3. The van der Waals surface area contributed by atoms with Gasteiger partial charge in [0, 0.05) is 18.2 Å². The van der Waals surface area contributed by atoms with Gasteiger partial charge in [0.2, 0.25) is 11.8 Å². The van der Waals surface area contributed by atoms with E-state index in [1.807, 2.05) is 12.1 Å². The minimum Gasteiger partial charge on any atom is -0.444 e. The van der Waals surface area contributed by atoms with Gasteiger partial charge in [-0.25, -0.2) is 4.79 Å². The summed E-state index contributed by atoms with van der Waals surface area (Å²) >= 11 is 0. The number of unbranched alkanes of at least 4 members (excludes halogenated alkanes) is 3. The first-order valence-electron chi connectivity index (χ1n) is 13.3. The van der Waals surface area contributed by atoms with Gasteiger partial charge in [0.1, 0.15) is 18.2 Å². The smallest absolute Gasteiger partial charge is 0.408 e. The molecule has 2 rings (SSSR count). The Kier molecular flexibility index (Phi) is 11.8. The number of hydrogen-bond acceptors (Lipinski definition) is 4. The first-order valence-corrected chi connectivity index (χ1v) is 13.3. The van der Waals surface area contributed by atoms with Crippen molar-refractivity contribution in [1.82, 2.24) is 15.5 Å². The first-order chi connectivity index (χ1) is 17.1. The van der Waals surface area contributed by atoms with E-state index in [0.717, 1.165) is 51.4 Å². The van der Waals surface area contributed by atoms with Gasteiger partial charge in [0.15, 0.2) is 0 Å². The van der Waals surface area contributed by atoms with E-state index in [1.54, 1.807) is 37.8 Å². The Morgan fingerprint density at radius 2 is 1.75 bits per heavy atom. The van der Waals surface area contributed by atoms with Gasteiger partial charge in [0.25, 0.3) is 0 Å². The highest BCUT2D eigenvalue weighted by molar-refractivity contribution is 5.90. The van der Waals surface area contributed by atoms with Gasteiger partial charge in [-0.2, -0.15) is 0 Å². The monoisotopic (exact) mass is 497 g/mol. The normalized spacial score (nSPS) is 14.9. The van der Waals surface area contributed by atoms with Gasteiger partial charge < -0.3 is 20.3 Å². The molecule has 0 bridgehead atoms. The third-order valence-electron chi connectivity index (χ3n) is 6.26. The highest BCUT2D eigenvalue weighted by Crippen LogP contribution is 2.25. The summed E-state index contributed by atoms with van der Waals surface area (Å²) in [7, 11) is 0. The highest BCUT2D eigenvalue weighted by atomic mass is 16.6. The fourth-order valence-corrected chi connectivity index (χ4v) is 4.43. The fourth-order valence-electron chi connectivity index (χ4n) is 4.43. The maximum atomic E-state index is 13.7. The van der Waals surface area contributed by atoms with E-state index < -0.39 is 17.7 Å². The van der Waals surface area contributed by atoms with Gasteiger partial charge >= 0.3 is 6.09 Å². The topological polar surface area (TPSA) is 87.7 Å². The predicted octanol–water partition coefficient (Wildman–Crippen LogP) is 5.09. The fraction of sp³-hybridized carbons (Fsp3) is 0.621. The average Bonchev–Trinajstić information content (AvgIpc) is 2.84. The number of nitrogens with zero attached hydrogens (tertiary/aromatic N) is 1. The van der Waals surface area contributed by atoms with E-state index in [1.165, 1.54) is 6.42 Å². The molecule has 1 aromatic carbocycles. The molecule has 0 aliphatic heterocycles. The standard InChI is InChI=1S/C29H43N3O4/c1-6-8-9-13-20-32(25(33)21-30-28(35)36-29(3,4)5)26(23-18-16-22(7-2)17-19-23)27(34)31-24-14-11-10-12-15-24/h2,16-19,24,26H,6,8-15,20-21H2,1,3-5H3,(H,30,35)(H,31,34). The zero-order chi connectivity index (χ0) is 26.6. The Hall–Kier alpha value is -3.01. The molecule has 7 nitrogen and oxygen atoms in total. The van der Waals surface area contributed by atoms with Crippen molar-refractivity contribution in [2.24, 2.45) is 0 Å². The maximum Gasteiger partial charge on any atom is 0.408 e. The Morgan fingerprint density at radius 3 is 2.33 bits per heavy atom. The Bertz CT molecular complexity index is 893. The van der Waals surface area contributed by atoms with E-state index in [-0.39, 0.29) is 24.4 Å². The second-order valence-electron chi connectivity index (χ2n) is 10.5. The lowest BCUT2D eigenvalue weighted by Gasteiger charge is -2.33. The summed E-state index contributed by atoms with van der Waals surface area (Å²) in [4.78, 5) is 40.9. The molecule has 0 aromatic heterocycles. The van der Waals surface area contributed by atoms with Crippen LogP contribution in [0.3, 0.4) is 0 Å². The number of ether oxygens (including phenoxy) is 1. The minimum atomic E-state index is -0.812. The van der Waals surface area contributed by atoms with Crippen LogP contribution >= 0.6 is 0 Å². The van der Waals surface area contributed by atoms with Crippen LogP contribution in [0.25, 0.3) is 0 Å². The molecule has 1 unspecified atom stereocenters. The molecule has 0 spiro atoms. The van der Waals surface area contributed by atoms with Gasteiger partial charge in [-0.1, -0.05) is 63.5 Å². The Labute approximate surface area is 216 Å². The number of alkyl carbamates (subject to hydrolysis) is 1. The summed E-state index contributed by atoms with van der Waals surface area (Å²) in [6.45, 7) is 7.58. The number of nitrogens with one attached hydrogen (secondary N) is 2. The number of benzene rings is 1. The minimum absolute atomic E-state index is 0.107. The molecule has 3 amide bonds. The van der Waals surface area contributed by atoms with Crippen molar-refractivity contribution < 1.29 is 19.1 Å². The maximum absolute atomic E-state index is 13.7. The summed E-state index contributed by atoms with van der Waals surface area (Å²) in [6.07, 6.45) is 13.9. The van der Waals surface area contributed by atoms with Crippen molar-refractivity contribution in [3.63, 3.8) is 0 Å². The lowest BCUT2D eigenvalue weighted by Crippen LogP contribution is -2.50. The van der Waals surface area contributed by atoms with Crippen LogP contribution in [-0.2, 0) is 14.3 Å². The van der Waals surface area contributed by atoms with Crippen molar-refractivity contribution in [2.75, 3.05) is 13.1 Å². The van der Waals surface area contributed by atoms with Gasteiger partial charge in [-0.15, -0.1) is 6.42 Å². The Morgan fingerprint density at radius 1 is 1.08 bits per heavy atom. The van der Waals surface area contributed by atoms with Gasteiger partial charge in [-0.05, 0) is 57.7 Å².